The molecule has 0 saturated heterocycles. The summed E-state index contributed by atoms with van der Waals surface area (Å²) in [4.78, 5) is 0. The Kier molecular flexibility index (Phi) is 10.3. The number of unbranched alkanes of at least 4 members (excludes halogenated alkanes) is 2. The van der Waals surface area contributed by atoms with E-state index in [1.165, 1.54) is 31.6 Å². The van der Waals surface area contributed by atoms with Crippen LogP contribution in [-0.2, 0) is 6.11 Å². The predicted molar refractivity (Wildman–Crippen MR) is 162 cm³/mol. The zero-order chi connectivity index (χ0) is 34.8. The molecule has 48 heavy (non-hydrogen) atoms. The van der Waals surface area contributed by atoms with Crippen LogP contribution in [0.25, 0.3) is 21.9 Å². The number of rotatable bonds is 9. The molecular weight excluding hydrogens is 650 g/mol. The van der Waals surface area contributed by atoms with Gasteiger partial charge in [-0.1, -0.05) is 62.8 Å². The summed E-state index contributed by atoms with van der Waals surface area (Å²) in [6.07, 6.45) is -0.532. The molecule has 0 amide bonds. The molecule has 0 radical (unpaired) electrons. The Bertz CT molecular complexity index is 1820. The molecule has 0 heterocycles. The quantitative estimate of drug-likeness (QED) is 0.0971. The second-order valence-electron chi connectivity index (χ2n) is 12.1. The van der Waals surface area contributed by atoms with Crippen molar-refractivity contribution in [2.45, 2.75) is 76.5 Å². The average Bonchev–Trinajstić information content (AvgIpc) is 3.00. The summed E-state index contributed by atoms with van der Waals surface area (Å²) in [7, 11) is 0. The van der Waals surface area contributed by atoms with Gasteiger partial charge in [0.15, 0.2) is 5.82 Å². The Hall–Kier alpha value is -4.20. The van der Waals surface area contributed by atoms with Gasteiger partial charge in [-0.15, -0.1) is 0 Å². The van der Waals surface area contributed by atoms with Crippen LogP contribution in [0, 0.1) is 46.8 Å². The molecule has 4 aromatic rings. The zero-order valence-electron chi connectivity index (χ0n) is 25.7. The van der Waals surface area contributed by atoms with Crippen LogP contribution in [0.4, 0.5) is 43.9 Å². The van der Waals surface area contributed by atoms with E-state index in [2.05, 4.69) is 11.7 Å². The molecule has 0 unspecified atom stereocenters. The summed E-state index contributed by atoms with van der Waals surface area (Å²) in [5.41, 5.74) is -1.70. The van der Waals surface area contributed by atoms with Crippen LogP contribution in [0.3, 0.4) is 0 Å². The molecule has 1 nitrogen and oxygen atoms in total. The van der Waals surface area contributed by atoms with Crippen LogP contribution >= 0.6 is 0 Å². The predicted octanol–water partition coefficient (Wildman–Crippen LogP) is 12.1. The highest BCUT2D eigenvalue weighted by Gasteiger charge is 2.41. The highest BCUT2D eigenvalue weighted by molar-refractivity contribution is 5.87. The van der Waals surface area contributed by atoms with Crippen LogP contribution in [0.15, 0.2) is 54.6 Å². The largest absolute Gasteiger partial charge is 0.458 e. The van der Waals surface area contributed by atoms with Crippen molar-refractivity contribution in [3.05, 3.63) is 100 Å². The first-order valence-electron chi connectivity index (χ1n) is 15.5. The Morgan fingerprint density at radius 2 is 1.38 bits per heavy atom. The van der Waals surface area contributed by atoms with Crippen molar-refractivity contribution in [2.24, 2.45) is 5.92 Å². The number of alkyl halides is 5. The maximum Gasteiger partial charge on any atom is 0.458 e. The van der Waals surface area contributed by atoms with Gasteiger partial charge in [-0.2, -0.15) is 22.0 Å². The van der Waals surface area contributed by atoms with E-state index in [0.717, 1.165) is 37.2 Å². The smallest absolute Gasteiger partial charge is 0.429 e. The highest BCUT2D eigenvalue weighted by atomic mass is 19.4. The van der Waals surface area contributed by atoms with Gasteiger partial charge in [0.2, 0.25) is 0 Å². The number of hydrogen-bond donors (Lipinski definition) is 0. The van der Waals surface area contributed by atoms with Gasteiger partial charge in [-0.05, 0) is 83.9 Å². The lowest BCUT2D eigenvalue weighted by molar-refractivity contribution is -0.189. The molecule has 0 N–H and O–H groups in total. The molecule has 11 heteroatoms. The van der Waals surface area contributed by atoms with Crippen molar-refractivity contribution < 1.29 is 48.6 Å². The van der Waals surface area contributed by atoms with E-state index >= 15 is 17.6 Å². The fourth-order valence-electron chi connectivity index (χ4n) is 6.32. The lowest BCUT2D eigenvalue weighted by Gasteiger charge is -2.29. The van der Waals surface area contributed by atoms with Crippen LogP contribution in [-0.4, -0.2) is 6.18 Å². The fraction of sp³-hybridized carbons (Fsp3) is 0.351. The van der Waals surface area contributed by atoms with E-state index in [4.69, 9.17) is 0 Å². The average molecular weight is 681 g/mol. The summed E-state index contributed by atoms with van der Waals surface area (Å²) < 4.78 is 146. The molecule has 254 valence electrons. The third-order valence-electron chi connectivity index (χ3n) is 8.74. The minimum atomic E-state index is -5.10. The minimum Gasteiger partial charge on any atom is -0.429 e. The first-order chi connectivity index (χ1) is 22.7. The maximum atomic E-state index is 15.1. The molecule has 0 aliphatic heterocycles. The van der Waals surface area contributed by atoms with Gasteiger partial charge in [-0.3, -0.25) is 0 Å². The van der Waals surface area contributed by atoms with Crippen LogP contribution < -0.4 is 4.74 Å². The first kappa shape index (κ1) is 35.1. The third-order valence-corrected chi connectivity index (χ3v) is 8.74. The van der Waals surface area contributed by atoms with Gasteiger partial charge in [0.25, 0.3) is 0 Å². The topological polar surface area (TPSA) is 9.23 Å². The number of benzene rings is 4. The molecule has 0 bridgehead atoms. The molecule has 0 atom stereocenters. The van der Waals surface area contributed by atoms with Crippen molar-refractivity contribution in [1.82, 2.24) is 0 Å². The monoisotopic (exact) mass is 680 g/mol. The van der Waals surface area contributed by atoms with Crippen LogP contribution in [0.5, 0.6) is 5.75 Å². The number of ether oxygens (including phenoxy) is 1. The van der Waals surface area contributed by atoms with E-state index < -0.39 is 69.0 Å². The zero-order valence-corrected chi connectivity index (χ0v) is 25.7. The Balaban J connectivity index is 1.34. The molecule has 1 fully saturated rings. The molecule has 4 aromatic carbocycles. The summed E-state index contributed by atoms with van der Waals surface area (Å²) in [5.74, 6) is -6.43. The maximum absolute atomic E-state index is 15.1. The van der Waals surface area contributed by atoms with Gasteiger partial charge in [-0.25, -0.2) is 22.0 Å². The van der Waals surface area contributed by atoms with Crippen molar-refractivity contribution >= 4 is 10.8 Å². The summed E-state index contributed by atoms with van der Waals surface area (Å²) in [5, 5.41) is -1.77. The van der Waals surface area contributed by atoms with Gasteiger partial charge in [0.05, 0.1) is 10.9 Å². The lowest BCUT2D eigenvalue weighted by Crippen LogP contribution is -2.25. The molecule has 1 aliphatic rings. The minimum absolute atomic E-state index is 0.0112. The Morgan fingerprint density at radius 3 is 1.98 bits per heavy atom. The molecule has 5 rings (SSSR count). The van der Waals surface area contributed by atoms with Crippen molar-refractivity contribution in [3.8, 4) is 28.7 Å². The number of hydrogen-bond acceptors (Lipinski definition) is 1. The first-order valence-corrected chi connectivity index (χ1v) is 15.5. The molecule has 1 saturated carbocycles. The van der Waals surface area contributed by atoms with E-state index in [0.29, 0.717) is 41.7 Å². The number of fused-ring (bicyclic) bond motifs is 1. The van der Waals surface area contributed by atoms with Gasteiger partial charge in [0.1, 0.15) is 34.6 Å². The molecular formula is C37H30F10O. The van der Waals surface area contributed by atoms with Crippen LogP contribution in [0.2, 0.25) is 0 Å². The molecule has 1 aliphatic carbocycles. The fourth-order valence-corrected chi connectivity index (χ4v) is 6.32. The summed E-state index contributed by atoms with van der Waals surface area (Å²) in [6, 6.07) is 9.63. The second-order valence-corrected chi connectivity index (χ2v) is 12.1. The molecule has 0 aromatic heterocycles. The van der Waals surface area contributed by atoms with E-state index in [1.54, 1.807) is 12.1 Å². The Labute approximate surface area is 270 Å². The van der Waals surface area contributed by atoms with Crippen LogP contribution in [0.1, 0.15) is 80.9 Å². The number of halogens is 10. The highest BCUT2D eigenvalue weighted by Crippen LogP contribution is 2.41. The van der Waals surface area contributed by atoms with Crippen molar-refractivity contribution in [1.29, 1.82) is 0 Å². The Morgan fingerprint density at radius 1 is 0.729 bits per heavy atom. The van der Waals surface area contributed by atoms with Crippen molar-refractivity contribution in [2.75, 3.05) is 0 Å². The second kappa shape index (κ2) is 14.1. The van der Waals surface area contributed by atoms with Gasteiger partial charge < -0.3 is 4.74 Å². The lowest BCUT2D eigenvalue weighted by atomic mass is 9.77. The normalized spacial score (nSPS) is 16.9. The van der Waals surface area contributed by atoms with Crippen molar-refractivity contribution in [3.63, 3.8) is 0 Å². The third kappa shape index (κ3) is 7.91. The van der Waals surface area contributed by atoms with E-state index in [1.807, 2.05) is 12.1 Å². The van der Waals surface area contributed by atoms with Gasteiger partial charge >= 0.3 is 12.3 Å². The van der Waals surface area contributed by atoms with Gasteiger partial charge in [0, 0.05) is 12.0 Å². The molecule has 0 spiro atoms. The summed E-state index contributed by atoms with van der Waals surface area (Å²) >= 11 is 0. The standard InChI is InChI=1S/C37H30F10O/c1-2-3-4-5-21-6-8-22(9-7-21)23-10-12-24(13-11-23)25-17-31(40)34(32(41)18-25)37(46,47)48-27-16-26-19-29(38)28(14-15-36(43,44)45)35(42)33(26)30(39)20-27/h10-13,16-22H,2-9H2,1H3. The van der Waals surface area contributed by atoms with E-state index in [-0.39, 0.29) is 11.6 Å². The van der Waals surface area contributed by atoms with E-state index in [9.17, 15) is 26.3 Å². The summed E-state index contributed by atoms with van der Waals surface area (Å²) in [6.45, 7) is 2.18. The SMILES string of the molecule is CCCCCC1CCC(c2ccc(-c3cc(F)c(C(F)(F)Oc4cc(F)c5c(F)c(C#CC(F)(F)F)c(F)cc5c4)c(F)c3)cc2)CC1.